The smallest absolute Gasteiger partial charge is 0.337 e. The summed E-state index contributed by atoms with van der Waals surface area (Å²) in [6, 6.07) is 10.7. The van der Waals surface area contributed by atoms with Gasteiger partial charge in [0, 0.05) is 10.0 Å². The van der Waals surface area contributed by atoms with Crippen LogP contribution in [0.3, 0.4) is 0 Å². The van der Waals surface area contributed by atoms with Gasteiger partial charge in [-0.25, -0.2) is 4.79 Å². The second-order valence-electron chi connectivity index (χ2n) is 4.29. The number of carboxylic acids is 1. The van der Waals surface area contributed by atoms with Crippen molar-refractivity contribution in [3.05, 3.63) is 58.1 Å². The number of carbonyl (C=O) groups is 2. The molecule has 0 heterocycles. The fourth-order valence-electron chi connectivity index (χ4n) is 1.73. The summed E-state index contributed by atoms with van der Waals surface area (Å²) in [4.78, 5) is 22.9. The molecule has 0 radical (unpaired) electrons. The average molecular weight is 340 g/mol. The Kier molecular flexibility index (Phi) is 5.25. The normalized spacial score (nSPS) is 10.1. The molecule has 0 bridgehead atoms. The second-order valence-corrected chi connectivity index (χ2v) is 5.17. The first-order valence-corrected chi connectivity index (χ1v) is 6.92. The van der Waals surface area contributed by atoms with Gasteiger partial charge in [-0.3, -0.25) is 4.79 Å². The predicted octanol–water partition coefficient (Wildman–Crippen LogP) is 3.71. The van der Waals surface area contributed by atoms with E-state index in [1.165, 1.54) is 24.3 Å². The Morgan fingerprint density at radius 3 is 2.36 bits per heavy atom. The van der Waals surface area contributed by atoms with Crippen molar-refractivity contribution < 1.29 is 19.4 Å². The molecule has 0 atom stereocenters. The number of nitrogens with one attached hydrogen (secondary N) is 1. The number of carbonyl (C=O) groups excluding carboxylic acids is 1. The highest BCUT2D eigenvalue weighted by Crippen LogP contribution is 2.24. The van der Waals surface area contributed by atoms with Crippen molar-refractivity contribution in [3.8, 4) is 5.75 Å². The molecule has 2 N–H and O–H groups in total. The number of anilines is 1. The second kappa shape index (κ2) is 7.15. The maximum absolute atomic E-state index is 11.8. The number of aromatic carboxylic acids is 1. The van der Waals surface area contributed by atoms with E-state index in [1.54, 1.807) is 18.2 Å². The minimum atomic E-state index is -1.13. The molecule has 0 saturated carbocycles. The van der Waals surface area contributed by atoms with Gasteiger partial charge < -0.3 is 15.2 Å². The van der Waals surface area contributed by atoms with E-state index in [2.05, 4.69) is 5.32 Å². The monoisotopic (exact) mass is 339 g/mol. The number of benzene rings is 2. The number of para-hydroxylation sites is 1. The molecule has 0 fully saturated rings. The van der Waals surface area contributed by atoms with E-state index in [1.807, 2.05) is 0 Å². The minimum Gasteiger partial charge on any atom is -0.484 e. The van der Waals surface area contributed by atoms with Crippen LogP contribution in [0, 0.1) is 0 Å². The Balaban J connectivity index is 2.00. The van der Waals surface area contributed by atoms with E-state index in [9.17, 15) is 9.59 Å². The van der Waals surface area contributed by atoms with Crippen molar-refractivity contribution in [1.29, 1.82) is 0 Å². The van der Waals surface area contributed by atoms with Crippen molar-refractivity contribution >= 4 is 40.8 Å². The molecule has 0 aliphatic heterocycles. The summed E-state index contributed by atoms with van der Waals surface area (Å²) < 4.78 is 5.27. The summed E-state index contributed by atoms with van der Waals surface area (Å²) in [5, 5.41) is 12.3. The highest BCUT2D eigenvalue weighted by atomic mass is 35.5. The maximum Gasteiger partial charge on any atom is 0.337 e. The predicted molar refractivity (Wildman–Crippen MR) is 84.0 cm³/mol. The van der Waals surface area contributed by atoms with Crippen molar-refractivity contribution in [3.63, 3.8) is 0 Å². The fourth-order valence-corrected chi connectivity index (χ4v) is 2.23. The van der Waals surface area contributed by atoms with Crippen LogP contribution in [0.15, 0.2) is 42.5 Å². The van der Waals surface area contributed by atoms with Gasteiger partial charge in [-0.2, -0.15) is 0 Å². The quantitative estimate of drug-likeness (QED) is 0.870. The third kappa shape index (κ3) is 4.38. The number of ether oxygens (including phenoxy) is 1. The number of hydrogen-bond acceptors (Lipinski definition) is 3. The SMILES string of the molecule is O=C(COc1cc(Cl)cc(Cl)c1)Nc1ccccc1C(=O)O. The van der Waals surface area contributed by atoms with Gasteiger partial charge >= 0.3 is 5.97 Å². The Hall–Kier alpha value is -2.24. The van der Waals surface area contributed by atoms with Gasteiger partial charge in [0.05, 0.1) is 11.3 Å². The van der Waals surface area contributed by atoms with Gasteiger partial charge in [0.15, 0.2) is 6.61 Å². The number of carboxylic acid groups (broad SMARTS) is 1. The minimum absolute atomic E-state index is 0.00153. The lowest BCUT2D eigenvalue weighted by atomic mass is 10.2. The molecule has 0 saturated heterocycles. The number of rotatable bonds is 5. The summed E-state index contributed by atoms with van der Waals surface area (Å²) in [7, 11) is 0. The van der Waals surface area contributed by atoms with E-state index < -0.39 is 11.9 Å². The van der Waals surface area contributed by atoms with Gasteiger partial charge in [-0.05, 0) is 30.3 Å². The molecule has 0 aliphatic rings. The molecule has 0 aliphatic carbocycles. The number of amides is 1. The molecule has 2 rings (SSSR count). The summed E-state index contributed by atoms with van der Waals surface area (Å²) in [6.07, 6.45) is 0. The molecule has 114 valence electrons. The largest absolute Gasteiger partial charge is 0.484 e. The van der Waals surface area contributed by atoms with Gasteiger partial charge in [-0.15, -0.1) is 0 Å². The van der Waals surface area contributed by atoms with E-state index >= 15 is 0 Å². The Morgan fingerprint density at radius 1 is 1.09 bits per heavy atom. The van der Waals surface area contributed by atoms with Crippen LogP contribution in [-0.2, 0) is 4.79 Å². The molecule has 2 aromatic rings. The summed E-state index contributed by atoms with van der Waals surface area (Å²) in [5.41, 5.74) is 0.203. The molecule has 0 unspecified atom stereocenters. The number of halogens is 2. The van der Waals surface area contributed by atoms with Crippen LogP contribution >= 0.6 is 23.2 Å². The molecule has 2 aromatic carbocycles. The van der Waals surface area contributed by atoms with E-state index in [0.717, 1.165) is 0 Å². The van der Waals surface area contributed by atoms with Crippen molar-refractivity contribution in [2.24, 2.45) is 0 Å². The topological polar surface area (TPSA) is 75.6 Å². The van der Waals surface area contributed by atoms with Crippen LogP contribution in [0.1, 0.15) is 10.4 Å². The zero-order valence-electron chi connectivity index (χ0n) is 11.2. The Morgan fingerprint density at radius 2 is 1.73 bits per heavy atom. The molecule has 1 amide bonds. The lowest BCUT2D eigenvalue weighted by Gasteiger charge is -2.10. The first kappa shape index (κ1) is 16.1. The van der Waals surface area contributed by atoms with Crippen LogP contribution in [0.5, 0.6) is 5.75 Å². The zero-order chi connectivity index (χ0) is 16.1. The molecular formula is C15H11Cl2NO4. The lowest BCUT2D eigenvalue weighted by Crippen LogP contribution is -2.21. The standard InChI is InChI=1S/C15H11Cl2NO4/c16-9-5-10(17)7-11(6-9)22-8-14(19)18-13-4-2-1-3-12(13)15(20)21/h1-7H,8H2,(H,18,19)(H,20,21). The van der Waals surface area contributed by atoms with E-state index in [-0.39, 0.29) is 17.9 Å². The van der Waals surface area contributed by atoms with E-state index in [4.69, 9.17) is 33.0 Å². The van der Waals surface area contributed by atoms with Crippen molar-refractivity contribution in [2.75, 3.05) is 11.9 Å². The van der Waals surface area contributed by atoms with Crippen LogP contribution < -0.4 is 10.1 Å². The highest BCUT2D eigenvalue weighted by molar-refractivity contribution is 6.34. The summed E-state index contributed by atoms with van der Waals surface area (Å²) >= 11 is 11.6. The third-order valence-corrected chi connectivity index (χ3v) is 3.07. The number of hydrogen-bond donors (Lipinski definition) is 2. The molecule has 0 aromatic heterocycles. The van der Waals surface area contributed by atoms with Crippen molar-refractivity contribution in [2.45, 2.75) is 0 Å². The summed E-state index contributed by atoms with van der Waals surface area (Å²) in [6.45, 7) is -0.301. The lowest BCUT2D eigenvalue weighted by molar-refractivity contribution is -0.118. The molecule has 7 heteroatoms. The van der Waals surface area contributed by atoms with E-state index in [0.29, 0.717) is 15.8 Å². The van der Waals surface area contributed by atoms with Gasteiger partial charge in [0.25, 0.3) is 5.91 Å². The third-order valence-electron chi connectivity index (χ3n) is 2.64. The van der Waals surface area contributed by atoms with Crippen molar-refractivity contribution in [1.82, 2.24) is 0 Å². The fraction of sp³-hybridized carbons (Fsp3) is 0.0667. The van der Waals surface area contributed by atoms with Gasteiger partial charge in [-0.1, -0.05) is 35.3 Å². The van der Waals surface area contributed by atoms with Crippen LogP contribution in [0.2, 0.25) is 10.0 Å². The first-order chi connectivity index (χ1) is 10.5. The Labute approximate surface area is 136 Å². The summed E-state index contributed by atoms with van der Waals surface area (Å²) in [5.74, 6) is -1.28. The molecular weight excluding hydrogens is 329 g/mol. The maximum atomic E-state index is 11.8. The van der Waals surface area contributed by atoms with Gasteiger partial charge in [0.1, 0.15) is 5.75 Å². The molecule has 0 spiro atoms. The van der Waals surface area contributed by atoms with Crippen LogP contribution in [0.25, 0.3) is 0 Å². The zero-order valence-corrected chi connectivity index (χ0v) is 12.7. The van der Waals surface area contributed by atoms with Gasteiger partial charge in [0.2, 0.25) is 0 Å². The molecule has 22 heavy (non-hydrogen) atoms. The van der Waals surface area contributed by atoms with Crippen LogP contribution in [-0.4, -0.2) is 23.6 Å². The first-order valence-electron chi connectivity index (χ1n) is 6.17. The average Bonchev–Trinajstić information content (AvgIpc) is 2.44. The molecule has 5 nitrogen and oxygen atoms in total. The highest BCUT2D eigenvalue weighted by Gasteiger charge is 2.12. The van der Waals surface area contributed by atoms with Crippen LogP contribution in [0.4, 0.5) is 5.69 Å². The Bertz CT molecular complexity index is 698.